The first-order valence-corrected chi connectivity index (χ1v) is 5.19. The van der Waals surface area contributed by atoms with Crippen LogP contribution in [0.4, 0.5) is 4.79 Å². The van der Waals surface area contributed by atoms with Gasteiger partial charge in [0.2, 0.25) is 0 Å². The monoisotopic (exact) mass is 213 g/mol. The van der Waals surface area contributed by atoms with E-state index in [2.05, 4.69) is 17.7 Å². The van der Waals surface area contributed by atoms with Crippen molar-refractivity contribution in [2.45, 2.75) is 32.6 Å². The van der Waals surface area contributed by atoms with Gasteiger partial charge < -0.3 is 4.74 Å². The van der Waals surface area contributed by atoms with E-state index in [1.54, 1.807) is 6.08 Å². The third-order valence-corrected chi connectivity index (χ3v) is 1.76. The molecule has 0 aliphatic heterocycles. The summed E-state index contributed by atoms with van der Waals surface area (Å²) >= 11 is 0. The molecule has 0 rings (SSSR count). The Morgan fingerprint density at radius 3 is 2.73 bits per heavy atom. The molecule has 2 N–H and O–H groups in total. The molecule has 0 heterocycles. The largest absolute Gasteiger partial charge is 0.444 e. The minimum absolute atomic E-state index is 0.158. The van der Waals surface area contributed by atoms with Gasteiger partial charge in [-0.2, -0.15) is 0 Å². The van der Waals surface area contributed by atoms with Gasteiger partial charge in [0.25, 0.3) is 0 Å². The highest BCUT2D eigenvalue weighted by Crippen LogP contribution is 1.99. The molecule has 0 saturated carbocycles. The van der Waals surface area contributed by atoms with E-state index in [1.807, 2.05) is 12.2 Å². The summed E-state index contributed by atoms with van der Waals surface area (Å²) in [5.74, 6) is 0. The summed E-state index contributed by atoms with van der Waals surface area (Å²) in [6.45, 7) is 2.33. The van der Waals surface area contributed by atoms with Crippen LogP contribution in [0.2, 0.25) is 0 Å². The molecule has 0 atom stereocenters. The van der Waals surface area contributed by atoms with Crippen LogP contribution in [0.25, 0.3) is 0 Å². The highest BCUT2D eigenvalue weighted by molar-refractivity contribution is 5.65. The van der Waals surface area contributed by atoms with Crippen molar-refractivity contribution in [2.24, 2.45) is 0 Å². The second-order valence-electron chi connectivity index (χ2n) is 3.06. The number of ether oxygens (including phenoxy) is 1. The molecule has 0 spiro atoms. The highest BCUT2D eigenvalue weighted by Gasteiger charge is 1.93. The zero-order valence-electron chi connectivity index (χ0n) is 9.11. The molecule has 0 aliphatic carbocycles. The normalized spacial score (nSPS) is 11.1. The van der Waals surface area contributed by atoms with Crippen LogP contribution >= 0.6 is 0 Å². The van der Waals surface area contributed by atoms with Crippen molar-refractivity contribution in [1.29, 1.82) is 0 Å². The first-order valence-electron chi connectivity index (χ1n) is 5.19. The van der Waals surface area contributed by atoms with Gasteiger partial charge in [-0.1, -0.05) is 38.0 Å². The van der Waals surface area contributed by atoms with Crippen LogP contribution in [-0.2, 0) is 4.74 Å². The van der Waals surface area contributed by atoms with Crippen LogP contribution in [0.5, 0.6) is 0 Å². The van der Waals surface area contributed by atoms with E-state index in [1.165, 1.54) is 24.7 Å². The molecule has 0 aromatic rings. The minimum Gasteiger partial charge on any atom is -0.444 e. The summed E-state index contributed by atoms with van der Waals surface area (Å²) in [5, 5.41) is 8.10. The highest BCUT2D eigenvalue weighted by atomic mass is 16.6. The maximum absolute atomic E-state index is 10.4. The number of hydrogen-bond acceptors (Lipinski definition) is 3. The molecule has 0 aromatic carbocycles. The lowest BCUT2D eigenvalue weighted by Gasteiger charge is -1.96. The standard InChI is InChI=1S/C11H19NO3/c1-2-3-4-5-6-7-8-9-10-15-11(13)12-14/h6-9,14H,2-5,10H2,1H3,(H,12,13)/b7-6+,9-8+. The van der Waals surface area contributed by atoms with Crippen molar-refractivity contribution in [2.75, 3.05) is 6.61 Å². The minimum atomic E-state index is -0.841. The average Bonchev–Trinajstić information content (AvgIpc) is 2.26. The van der Waals surface area contributed by atoms with E-state index in [9.17, 15) is 4.79 Å². The van der Waals surface area contributed by atoms with Crippen LogP contribution < -0.4 is 5.48 Å². The van der Waals surface area contributed by atoms with Crippen LogP contribution in [-0.4, -0.2) is 17.9 Å². The number of unbranched alkanes of at least 4 members (excludes halogenated alkanes) is 3. The van der Waals surface area contributed by atoms with E-state index in [0.717, 1.165) is 6.42 Å². The van der Waals surface area contributed by atoms with Gasteiger partial charge in [-0.15, -0.1) is 0 Å². The topological polar surface area (TPSA) is 58.6 Å². The Kier molecular flexibility index (Phi) is 9.86. The summed E-state index contributed by atoms with van der Waals surface area (Å²) in [6.07, 6.45) is 11.5. The Labute approximate surface area is 90.6 Å². The molecule has 86 valence electrons. The molecular weight excluding hydrogens is 194 g/mol. The van der Waals surface area contributed by atoms with E-state index >= 15 is 0 Å². The molecule has 0 radical (unpaired) electrons. The summed E-state index contributed by atoms with van der Waals surface area (Å²) in [5.41, 5.74) is 1.38. The van der Waals surface area contributed by atoms with Gasteiger partial charge in [0, 0.05) is 0 Å². The zero-order chi connectivity index (χ0) is 11.4. The van der Waals surface area contributed by atoms with Gasteiger partial charge in [0.1, 0.15) is 6.61 Å². The molecule has 0 aromatic heterocycles. The third kappa shape index (κ3) is 10.6. The number of carbonyl (C=O) groups excluding carboxylic acids is 1. The van der Waals surface area contributed by atoms with Crippen molar-refractivity contribution >= 4 is 6.09 Å². The second kappa shape index (κ2) is 10.8. The molecule has 0 fully saturated rings. The average molecular weight is 213 g/mol. The molecule has 1 amide bonds. The van der Waals surface area contributed by atoms with Crippen LogP contribution in [0.1, 0.15) is 32.6 Å². The van der Waals surface area contributed by atoms with Crippen molar-refractivity contribution < 1.29 is 14.7 Å². The third-order valence-electron chi connectivity index (χ3n) is 1.76. The van der Waals surface area contributed by atoms with E-state index < -0.39 is 6.09 Å². The van der Waals surface area contributed by atoms with E-state index in [0.29, 0.717) is 0 Å². The summed E-state index contributed by atoms with van der Waals surface area (Å²) in [6, 6.07) is 0. The number of carbonyl (C=O) groups is 1. The first kappa shape index (κ1) is 13.7. The molecule has 4 heteroatoms. The molecule has 0 bridgehead atoms. The Bertz CT molecular complexity index is 212. The number of hydroxylamine groups is 1. The van der Waals surface area contributed by atoms with Crippen molar-refractivity contribution in [3.8, 4) is 0 Å². The van der Waals surface area contributed by atoms with Crippen LogP contribution in [0.3, 0.4) is 0 Å². The lowest BCUT2D eigenvalue weighted by molar-refractivity contribution is 0.0969. The quantitative estimate of drug-likeness (QED) is 0.296. The SMILES string of the molecule is CCCCC/C=C/C=C/COC(=O)NO. The fourth-order valence-corrected chi connectivity index (χ4v) is 0.977. The maximum atomic E-state index is 10.4. The van der Waals surface area contributed by atoms with Gasteiger partial charge in [0.05, 0.1) is 0 Å². The Balaban J connectivity index is 3.33. The number of hydrogen-bond donors (Lipinski definition) is 2. The fourth-order valence-electron chi connectivity index (χ4n) is 0.977. The predicted molar refractivity (Wildman–Crippen MR) is 58.7 cm³/mol. The molecule has 0 unspecified atom stereocenters. The predicted octanol–water partition coefficient (Wildman–Crippen LogP) is 2.79. The van der Waals surface area contributed by atoms with Gasteiger partial charge in [0.15, 0.2) is 0 Å². The molecular formula is C11H19NO3. The van der Waals surface area contributed by atoms with Crippen molar-refractivity contribution in [1.82, 2.24) is 5.48 Å². The summed E-state index contributed by atoms with van der Waals surface area (Å²) < 4.78 is 4.52. The van der Waals surface area contributed by atoms with Crippen molar-refractivity contribution in [3.63, 3.8) is 0 Å². The summed E-state index contributed by atoms with van der Waals surface area (Å²) in [7, 11) is 0. The smallest absolute Gasteiger partial charge is 0.431 e. The lowest BCUT2D eigenvalue weighted by atomic mass is 10.2. The van der Waals surface area contributed by atoms with Gasteiger partial charge >= 0.3 is 6.09 Å². The second-order valence-corrected chi connectivity index (χ2v) is 3.06. The zero-order valence-corrected chi connectivity index (χ0v) is 9.11. The number of rotatable bonds is 7. The Morgan fingerprint density at radius 2 is 2.07 bits per heavy atom. The molecule has 4 nitrogen and oxygen atoms in total. The maximum Gasteiger partial charge on any atom is 0.431 e. The summed E-state index contributed by atoms with van der Waals surface area (Å²) in [4.78, 5) is 10.4. The number of allylic oxidation sites excluding steroid dienone is 3. The molecule has 15 heavy (non-hydrogen) atoms. The van der Waals surface area contributed by atoms with Gasteiger partial charge in [-0.3, -0.25) is 5.21 Å². The molecule has 0 aliphatic rings. The van der Waals surface area contributed by atoms with Gasteiger partial charge in [-0.25, -0.2) is 10.3 Å². The number of amides is 1. The van der Waals surface area contributed by atoms with E-state index in [4.69, 9.17) is 5.21 Å². The lowest BCUT2D eigenvalue weighted by Crippen LogP contribution is -2.19. The van der Waals surface area contributed by atoms with Crippen LogP contribution in [0, 0.1) is 0 Å². The Morgan fingerprint density at radius 1 is 1.33 bits per heavy atom. The fraction of sp³-hybridized carbons (Fsp3) is 0.545. The van der Waals surface area contributed by atoms with Crippen molar-refractivity contribution in [3.05, 3.63) is 24.3 Å². The van der Waals surface area contributed by atoms with Crippen LogP contribution in [0.15, 0.2) is 24.3 Å². The Hall–Kier alpha value is -1.29. The van der Waals surface area contributed by atoms with Gasteiger partial charge in [-0.05, 0) is 18.9 Å². The van der Waals surface area contributed by atoms with E-state index in [-0.39, 0.29) is 6.61 Å². The first-order chi connectivity index (χ1) is 7.31. The molecule has 0 saturated heterocycles. The number of nitrogens with one attached hydrogen (secondary N) is 1.